The second-order valence-electron chi connectivity index (χ2n) is 3.66. The van der Waals surface area contributed by atoms with Crippen molar-refractivity contribution in [2.75, 3.05) is 6.61 Å². The van der Waals surface area contributed by atoms with Gasteiger partial charge >= 0.3 is 0 Å². The number of aliphatic hydroxyl groups excluding tert-OH is 1. The monoisotopic (exact) mass is 184 g/mol. The third kappa shape index (κ3) is 2.53. The first-order chi connectivity index (χ1) is 6.34. The van der Waals surface area contributed by atoms with E-state index in [-0.39, 0.29) is 18.5 Å². The highest BCUT2D eigenvalue weighted by atomic mass is 16.7. The van der Waals surface area contributed by atoms with Crippen LogP contribution in [0, 0.1) is 0 Å². The van der Waals surface area contributed by atoms with Crippen molar-refractivity contribution < 1.29 is 14.6 Å². The van der Waals surface area contributed by atoms with Crippen molar-refractivity contribution in [3.63, 3.8) is 0 Å². The molecule has 0 aromatic carbocycles. The molecule has 2 aliphatic rings. The molecule has 3 heteroatoms. The van der Waals surface area contributed by atoms with Crippen LogP contribution in [0.4, 0.5) is 0 Å². The maximum absolute atomic E-state index is 9.22. The Kier molecular flexibility index (Phi) is 2.98. The molecule has 1 saturated heterocycles. The Labute approximate surface area is 78.3 Å². The summed E-state index contributed by atoms with van der Waals surface area (Å²) in [7, 11) is 0. The molecule has 0 aromatic heterocycles. The summed E-state index contributed by atoms with van der Waals surface area (Å²) in [5.41, 5.74) is 0. The molecule has 1 N–H and O–H groups in total. The zero-order valence-corrected chi connectivity index (χ0v) is 7.69. The van der Waals surface area contributed by atoms with Crippen LogP contribution >= 0.6 is 0 Å². The lowest BCUT2D eigenvalue weighted by Crippen LogP contribution is -2.26. The average Bonchev–Trinajstić information content (AvgIpc) is 2.53. The highest BCUT2D eigenvalue weighted by Crippen LogP contribution is 2.20. The Bertz CT molecular complexity index is 185. The van der Waals surface area contributed by atoms with Crippen molar-refractivity contribution in [2.24, 2.45) is 0 Å². The van der Waals surface area contributed by atoms with Crippen LogP contribution in [0.15, 0.2) is 12.2 Å². The molecule has 13 heavy (non-hydrogen) atoms. The van der Waals surface area contributed by atoms with Gasteiger partial charge in [0.2, 0.25) is 0 Å². The molecule has 1 heterocycles. The van der Waals surface area contributed by atoms with Crippen molar-refractivity contribution >= 4 is 0 Å². The molecular formula is C10H16O3. The first-order valence-electron chi connectivity index (χ1n) is 4.98. The van der Waals surface area contributed by atoms with Gasteiger partial charge in [0, 0.05) is 13.0 Å². The maximum atomic E-state index is 9.22. The van der Waals surface area contributed by atoms with Crippen LogP contribution in [0.1, 0.15) is 25.7 Å². The quantitative estimate of drug-likeness (QED) is 0.656. The summed E-state index contributed by atoms with van der Waals surface area (Å²) in [6, 6.07) is 0. The van der Waals surface area contributed by atoms with E-state index < -0.39 is 0 Å². The number of aliphatic hydroxyl groups is 1. The largest absolute Gasteiger partial charge is 0.389 e. The second-order valence-corrected chi connectivity index (χ2v) is 3.66. The molecule has 1 aliphatic heterocycles. The Morgan fingerprint density at radius 2 is 2.23 bits per heavy atom. The van der Waals surface area contributed by atoms with E-state index in [1.807, 2.05) is 6.08 Å². The Hall–Kier alpha value is -0.380. The topological polar surface area (TPSA) is 38.7 Å². The molecule has 1 fully saturated rings. The first-order valence-corrected chi connectivity index (χ1v) is 4.98. The number of ether oxygens (including phenoxy) is 2. The molecule has 1 unspecified atom stereocenters. The molecule has 74 valence electrons. The van der Waals surface area contributed by atoms with Crippen LogP contribution in [0.5, 0.6) is 0 Å². The Morgan fingerprint density at radius 1 is 1.31 bits per heavy atom. The summed E-state index contributed by atoms with van der Waals surface area (Å²) >= 11 is 0. The van der Waals surface area contributed by atoms with E-state index >= 15 is 0 Å². The standard InChI is InChI=1S/C10H16O3/c11-8-4-5-9(7-8)13-10-3-1-2-6-12-10/h4-5,8-11H,1-3,6-7H2/t8-,9-,10?/m1/s1. The fourth-order valence-corrected chi connectivity index (χ4v) is 1.76. The van der Waals surface area contributed by atoms with Crippen LogP contribution in [-0.4, -0.2) is 30.2 Å². The van der Waals surface area contributed by atoms with Crippen LogP contribution in [-0.2, 0) is 9.47 Å². The van der Waals surface area contributed by atoms with Gasteiger partial charge in [0.25, 0.3) is 0 Å². The van der Waals surface area contributed by atoms with E-state index in [2.05, 4.69) is 0 Å². The van der Waals surface area contributed by atoms with E-state index in [1.165, 1.54) is 6.42 Å². The Balaban J connectivity index is 1.74. The Morgan fingerprint density at radius 3 is 2.85 bits per heavy atom. The predicted molar refractivity (Wildman–Crippen MR) is 48.2 cm³/mol. The van der Waals surface area contributed by atoms with Gasteiger partial charge in [-0.15, -0.1) is 0 Å². The SMILES string of the molecule is O[C@@H]1C=C[C@@H](OC2CCCCO2)C1. The molecular weight excluding hydrogens is 168 g/mol. The summed E-state index contributed by atoms with van der Waals surface area (Å²) in [5, 5.41) is 9.22. The average molecular weight is 184 g/mol. The minimum absolute atomic E-state index is 0.0475. The summed E-state index contributed by atoms with van der Waals surface area (Å²) < 4.78 is 11.1. The van der Waals surface area contributed by atoms with Gasteiger partial charge in [-0.3, -0.25) is 0 Å². The highest BCUT2D eigenvalue weighted by molar-refractivity contribution is 5.03. The summed E-state index contributed by atoms with van der Waals surface area (Å²) in [6.45, 7) is 0.809. The molecule has 1 aliphatic carbocycles. The van der Waals surface area contributed by atoms with Crippen molar-refractivity contribution in [3.05, 3.63) is 12.2 Å². The molecule has 3 nitrogen and oxygen atoms in total. The van der Waals surface area contributed by atoms with Gasteiger partial charge < -0.3 is 14.6 Å². The summed E-state index contributed by atoms with van der Waals surface area (Å²) in [4.78, 5) is 0. The fraction of sp³-hybridized carbons (Fsp3) is 0.800. The highest BCUT2D eigenvalue weighted by Gasteiger charge is 2.22. The minimum Gasteiger partial charge on any atom is -0.389 e. The molecule has 0 saturated carbocycles. The molecule has 0 radical (unpaired) electrons. The third-order valence-corrected chi connectivity index (χ3v) is 2.49. The number of hydrogen-bond donors (Lipinski definition) is 1. The molecule has 0 amide bonds. The zero-order chi connectivity index (χ0) is 9.10. The lowest BCUT2D eigenvalue weighted by atomic mass is 10.2. The molecule has 0 bridgehead atoms. The van der Waals surface area contributed by atoms with E-state index in [0.717, 1.165) is 19.4 Å². The minimum atomic E-state index is -0.325. The number of hydrogen-bond acceptors (Lipinski definition) is 3. The second kappa shape index (κ2) is 4.22. The van der Waals surface area contributed by atoms with Crippen LogP contribution in [0.3, 0.4) is 0 Å². The molecule has 2 rings (SSSR count). The van der Waals surface area contributed by atoms with Gasteiger partial charge in [-0.05, 0) is 19.3 Å². The van der Waals surface area contributed by atoms with Gasteiger partial charge in [-0.1, -0.05) is 12.2 Å². The maximum Gasteiger partial charge on any atom is 0.158 e. The number of rotatable bonds is 2. The van der Waals surface area contributed by atoms with E-state index in [4.69, 9.17) is 9.47 Å². The normalized spacial score (nSPS) is 39.6. The smallest absolute Gasteiger partial charge is 0.158 e. The van der Waals surface area contributed by atoms with Crippen LogP contribution < -0.4 is 0 Å². The first kappa shape index (κ1) is 9.19. The van der Waals surface area contributed by atoms with Crippen LogP contribution in [0.25, 0.3) is 0 Å². The molecule has 0 aromatic rings. The van der Waals surface area contributed by atoms with Gasteiger partial charge in [0.1, 0.15) is 0 Å². The van der Waals surface area contributed by atoms with Crippen molar-refractivity contribution in [1.29, 1.82) is 0 Å². The third-order valence-electron chi connectivity index (χ3n) is 2.49. The van der Waals surface area contributed by atoms with Crippen molar-refractivity contribution in [3.8, 4) is 0 Å². The lowest BCUT2D eigenvalue weighted by Gasteiger charge is -2.25. The van der Waals surface area contributed by atoms with Gasteiger partial charge in [-0.2, -0.15) is 0 Å². The fourth-order valence-electron chi connectivity index (χ4n) is 1.76. The van der Waals surface area contributed by atoms with Crippen molar-refractivity contribution in [2.45, 2.75) is 44.2 Å². The van der Waals surface area contributed by atoms with Crippen LogP contribution in [0.2, 0.25) is 0 Å². The molecule has 0 spiro atoms. The van der Waals surface area contributed by atoms with Gasteiger partial charge in [0.05, 0.1) is 12.2 Å². The predicted octanol–water partition coefficient (Wildman–Crippen LogP) is 1.22. The van der Waals surface area contributed by atoms with E-state index in [0.29, 0.717) is 6.42 Å². The van der Waals surface area contributed by atoms with Gasteiger partial charge in [0.15, 0.2) is 6.29 Å². The van der Waals surface area contributed by atoms with Gasteiger partial charge in [-0.25, -0.2) is 0 Å². The summed E-state index contributed by atoms with van der Waals surface area (Å²) in [6.07, 6.45) is 7.38. The van der Waals surface area contributed by atoms with Crippen molar-refractivity contribution in [1.82, 2.24) is 0 Å². The molecule has 3 atom stereocenters. The zero-order valence-electron chi connectivity index (χ0n) is 7.69. The lowest BCUT2D eigenvalue weighted by molar-refractivity contribution is -0.179. The van der Waals surface area contributed by atoms with E-state index in [9.17, 15) is 5.11 Å². The van der Waals surface area contributed by atoms with E-state index in [1.54, 1.807) is 6.08 Å². The summed E-state index contributed by atoms with van der Waals surface area (Å²) in [5.74, 6) is 0.